The quantitative estimate of drug-likeness (QED) is 0.346. The molecule has 0 radical (unpaired) electrons. The summed E-state index contributed by atoms with van der Waals surface area (Å²) in [5, 5.41) is 4.71. The van der Waals surface area contributed by atoms with Gasteiger partial charge in [-0.2, -0.15) is 0 Å². The molecule has 0 spiro atoms. The monoisotopic (exact) mass is 386 g/mol. The number of thioether (sulfide) groups is 1. The summed E-state index contributed by atoms with van der Waals surface area (Å²) >= 11 is 2.47. The number of carbonyl (C=O) groups is 1. The van der Waals surface area contributed by atoms with Crippen molar-refractivity contribution in [3.8, 4) is 11.3 Å². The average molecular weight is 387 g/mol. The van der Waals surface area contributed by atoms with Crippen molar-refractivity contribution in [2.24, 2.45) is 0 Å². The number of benzene rings is 1. The molecule has 0 aliphatic heterocycles. The molecule has 0 fully saturated rings. The molecule has 3 aromatic rings. The number of ether oxygens (including phenoxy) is 1. The molecule has 1 atom stereocenters. The molecule has 0 unspecified atom stereocenters. The Bertz CT molecular complexity index is 853. The molecule has 1 aromatic carbocycles. The highest BCUT2D eigenvalue weighted by molar-refractivity contribution is 7.98. The van der Waals surface area contributed by atoms with Crippen molar-refractivity contribution in [3.63, 3.8) is 0 Å². The van der Waals surface area contributed by atoms with E-state index in [-0.39, 0.29) is 6.10 Å². The van der Waals surface area contributed by atoms with E-state index in [4.69, 9.17) is 4.74 Å². The lowest BCUT2D eigenvalue weighted by atomic mass is 10.1. The highest BCUT2D eigenvalue weighted by Gasteiger charge is 2.21. The van der Waals surface area contributed by atoms with Crippen LogP contribution in [-0.4, -0.2) is 37.9 Å². The Labute approximate surface area is 160 Å². The van der Waals surface area contributed by atoms with E-state index in [0.29, 0.717) is 21.3 Å². The average Bonchev–Trinajstić information content (AvgIpc) is 3.17. The topological polar surface area (TPSA) is 77.9 Å². The van der Waals surface area contributed by atoms with Crippen molar-refractivity contribution < 1.29 is 9.53 Å². The van der Waals surface area contributed by atoms with Gasteiger partial charge in [0.05, 0.1) is 6.10 Å². The Morgan fingerprint density at radius 1 is 1.23 bits per heavy atom. The van der Waals surface area contributed by atoms with E-state index in [1.165, 1.54) is 17.3 Å². The molecule has 6 nitrogen and oxygen atoms in total. The van der Waals surface area contributed by atoms with Crippen LogP contribution >= 0.6 is 23.3 Å². The zero-order valence-corrected chi connectivity index (χ0v) is 16.1. The summed E-state index contributed by atoms with van der Waals surface area (Å²) in [6.45, 7) is 1.89. The van der Waals surface area contributed by atoms with Crippen LogP contribution in [0.4, 0.5) is 0 Å². The zero-order valence-electron chi connectivity index (χ0n) is 14.5. The van der Waals surface area contributed by atoms with E-state index in [0.717, 1.165) is 24.4 Å². The van der Waals surface area contributed by atoms with Gasteiger partial charge in [-0.3, -0.25) is 0 Å². The fourth-order valence-corrected chi connectivity index (χ4v) is 3.26. The zero-order chi connectivity index (χ0) is 18.4. The number of aryl methyl sites for hydroxylation is 1. The van der Waals surface area contributed by atoms with Crippen LogP contribution in [0.3, 0.4) is 0 Å². The number of carbonyl (C=O) groups excluding carboxylic acids is 1. The highest BCUT2D eigenvalue weighted by atomic mass is 32.2. The Balaban J connectivity index is 1.64. The predicted molar refractivity (Wildman–Crippen MR) is 102 cm³/mol. The number of hydrogen-bond donors (Lipinski definition) is 0. The summed E-state index contributed by atoms with van der Waals surface area (Å²) in [6.07, 6.45) is 6.60. The first-order chi connectivity index (χ1) is 12.7. The predicted octanol–water partition coefficient (Wildman–Crippen LogP) is 3.90. The van der Waals surface area contributed by atoms with E-state index in [9.17, 15) is 4.79 Å². The largest absolute Gasteiger partial charge is 0.458 e. The lowest BCUT2D eigenvalue weighted by molar-refractivity contribution is 0.0332. The van der Waals surface area contributed by atoms with Gasteiger partial charge in [0, 0.05) is 18.0 Å². The van der Waals surface area contributed by atoms with Crippen LogP contribution in [0.1, 0.15) is 28.6 Å². The summed E-state index contributed by atoms with van der Waals surface area (Å²) in [7, 11) is 0. The van der Waals surface area contributed by atoms with Gasteiger partial charge in [-0.05, 0) is 43.1 Å². The first-order valence-electron chi connectivity index (χ1n) is 8.11. The molecule has 26 heavy (non-hydrogen) atoms. The SMILES string of the molecule is CSc1ncc(-c2nnsc2C(=O)O[C@H](C)CCc2ccccc2)cn1. The third-order valence-corrected chi connectivity index (χ3v) is 5.03. The van der Waals surface area contributed by atoms with Crippen molar-refractivity contribution in [1.82, 2.24) is 19.6 Å². The van der Waals surface area contributed by atoms with Gasteiger partial charge in [0.1, 0.15) is 5.69 Å². The van der Waals surface area contributed by atoms with Crippen LogP contribution in [0.2, 0.25) is 0 Å². The van der Waals surface area contributed by atoms with Gasteiger partial charge in [0.15, 0.2) is 10.0 Å². The van der Waals surface area contributed by atoms with Crippen molar-refractivity contribution in [2.75, 3.05) is 6.26 Å². The van der Waals surface area contributed by atoms with Crippen molar-refractivity contribution in [3.05, 3.63) is 53.2 Å². The molecule has 134 valence electrons. The molecule has 0 saturated carbocycles. The number of nitrogens with zero attached hydrogens (tertiary/aromatic N) is 4. The maximum absolute atomic E-state index is 12.5. The summed E-state index contributed by atoms with van der Waals surface area (Å²) in [5.41, 5.74) is 2.34. The third-order valence-electron chi connectivity index (χ3n) is 3.75. The summed E-state index contributed by atoms with van der Waals surface area (Å²) in [6, 6.07) is 10.1. The molecular formula is C18H18N4O2S2. The molecule has 0 N–H and O–H groups in total. The Morgan fingerprint density at radius 2 is 1.96 bits per heavy atom. The van der Waals surface area contributed by atoms with Crippen LogP contribution in [-0.2, 0) is 11.2 Å². The van der Waals surface area contributed by atoms with Gasteiger partial charge in [0.2, 0.25) is 0 Å². The molecule has 0 bridgehead atoms. The minimum atomic E-state index is -0.412. The normalized spacial score (nSPS) is 11.9. The van der Waals surface area contributed by atoms with E-state index < -0.39 is 5.97 Å². The van der Waals surface area contributed by atoms with Crippen molar-refractivity contribution in [2.45, 2.75) is 31.0 Å². The van der Waals surface area contributed by atoms with E-state index in [1.807, 2.05) is 31.4 Å². The Hall–Kier alpha value is -2.32. The third kappa shape index (κ3) is 4.64. The number of esters is 1. The summed E-state index contributed by atoms with van der Waals surface area (Å²) in [5.74, 6) is -0.412. The van der Waals surface area contributed by atoms with Gasteiger partial charge >= 0.3 is 5.97 Å². The molecule has 2 heterocycles. The second kappa shape index (κ2) is 8.86. The summed E-state index contributed by atoms with van der Waals surface area (Å²) in [4.78, 5) is 21.3. The molecule has 8 heteroatoms. The summed E-state index contributed by atoms with van der Waals surface area (Å²) < 4.78 is 9.46. The van der Waals surface area contributed by atoms with Crippen LogP contribution in [0, 0.1) is 0 Å². The van der Waals surface area contributed by atoms with Crippen LogP contribution in [0.5, 0.6) is 0 Å². The molecule has 0 saturated heterocycles. The second-order valence-electron chi connectivity index (χ2n) is 5.65. The molecule has 0 aliphatic rings. The van der Waals surface area contributed by atoms with Crippen molar-refractivity contribution >= 4 is 29.3 Å². The molecule has 3 rings (SSSR count). The smallest absolute Gasteiger partial charge is 0.352 e. The Morgan fingerprint density at radius 3 is 2.65 bits per heavy atom. The van der Waals surface area contributed by atoms with Gasteiger partial charge in [-0.15, -0.1) is 5.10 Å². The lowest BCUT2D eigenvalue weighted by Crippen LogP contribution is -2.15. The van der Waals surface area contributed by atoms with Crippen molar-refractivity contribution in [1.29, 1.82) is 0 Å². The van der Waals surface area contributed by atoms with Gasteiger partial charge < -0.3 is 4.74 Å². The number of rotatable bonds is 7. The molecule has 0 amide bonds. The minimum absolute atomic E-state index is 0.201. The fourth-order valence-electron chi connectivity index (χ4n) is 2.37. The van der Waals surface area contributed by atoms with Gasteiger partial charge in [-0.25, -0.2) is 14.8 Å². The van der Waals surface area contributed by atoms with Crippen LogP contribution in [0.15, 0.2) is 47.9 Å². The van der Waals surface area contributed by atoms with Crippen LogP contribution < -0.4 is 0 Å². The maximum Gasteiger partial charge on any atom is 0.352 e. The number of hydrogen-bond acceptors (Lipinski definition) is 8. The fraction of sp³-hybridized carbons (Fsp3) is 0.278. The standard InChI is InChI=1S/C18H18N4O2S2/c1-12(8-9-13-6-4-3-5-7-13)24-17(23)16-15(21-22-26-16)14-10-19-18(25-2)20-11-14/h3-7,10-12H,8-9H2,1-2H3/t12-/m1/s1. The van der Waals surface area contributed by atoms with Crippen LogP contribution in [0.25, 0.3) is 11.3 Å². The highest BCUT2D eigenvalue weighted by Crippen LogP contribution is 2.25. The van der Waals surface area contributed by atoms with E-state index in [2.05, 4.69) is 31.7 Å². The lowest BCUT2D eigenvalue weighted by Gasteiger charge is -2.12. The first-order valence-corrected chi connectivity index (χ1v) is 10.1. The first kappa shape index (κ1) is 18.5. The van der Waals surface area contributed by atoms with E-state index in [1.54, 1.807) is 12.4 Å². The second-order valence-corrected chi connectivity index (χ2v) is 7.18. The Kier molecular flexibility index (Phi) is 6.30. The molecular weight excluding hydrogens is 368 g/mol. The van der Waals surface area contributed by atoms with Gasteiger partial charge in [0.25, 0.3) is 0 Å². The van der Waals surface area contributed by atoms with E-state index >= 15 is 0 Å². The molecule has 2 aromatic heterocycles. The maximum atomic E-state index is 12.5. The van der Waals surface area contributed by atoms with Gasteiger partial charge in [-0.1, -0.05) is 46.6 Å². The minimum Gasteiger partial charge on any atom is -0.458 e. The number of aromatic nitrogens is 4. The molecule has 0 aliphatic carbocycles.